The second kappa shape index (κ2) is 5.80. The summed E-state index contributed by atoms with van der Waals surface area (Å²) in [4.78, 5) is 13.5. The summed E-state index contributed by atoms with van der Waals surface area (Å²) in [5.74, 6) is 0.207. The summed E-state index contributed by atoms with van der Waals surface area (Å²) in [6.07, 6.45) is 4.31. The molecule has 1 aliphatic heterocycles. The maximum atomic E-state index is 11.3. The third-order valence-corrected chi connectivity index (χ3v) is 2.73. The lowest BCUT2D eigenvalue weighted by Crippen LogP contribution is -2.35. The Bertz CT molecular complexity index is 454. The van der Waals surface area contributed by atoms with E-state index >= 15 is 0 Å². The number of hydrazine groups is 1. The van der Waals surface area contributed by atoms with Gasteiger partial charge in [0.25, 0.3) is 0 Å². The second-order valence-corrected chi connectivity index (χ2v) is 4.74. The van der Waals surface area contributed by atoms with Crippen molar-refractivity contribution in [2.24, 2.45) is 0 Å². The molecular weight excluding hydrogens is 226 g/mol. The highest BCUT2D eigenvalue weighted by atomic mass is 16.1. The number of nitrogens with one attached hydrogen (secondary N) is 1. The number of rotatable bonds is 3. The molecule has 0 atom stereocenters. The normalized spacial score (nSPS) is 16.2. The van der Waals surface area contributed by atoms with Crippen LogP contribution < -0.4 is 10.4 Å². The van der Waals surface area contributed by atoms with E-state index in [2.05, 4.69) is 36.6 Å². The van der Waals surface area contributed by atoms with Gasteiger partial charge >= 0.3 is 0 Å². The first-order chi connectivity index (χ1) is 8.65. The van der Waals surface area contributed by atoms with E-state index in [1.165, 1.54) is 5.56 Å². The molecule has 0 saturated carbocycles. The van der Waals surface area contributed by atoms with Gasteiger partial charge in [0, 0.05) is 19.2 Å². The number of nitrogens with zero attached hydrogens (tertiary/aromatic N) is 2. The van der Waals surface area contributed by atoms with Crippen LogP contribution in [0.3, 0.4) is 0 Å². The largest absolute Gasteiger partial charge is 0.305 e. The molecule has 1 aromatic carbocycles. The first-order valence-corrected chi connectivity index (χ1v) is 6.10. The molecule has 0 bridgehead atoms. The van der Waals surface area contributed by atoms with Crippen LogP contribution in [0.15, 0.2) is 36.5 Å². The number of carbonyl (C=O) groups is 1. The van der Waals surface area contributed by atoms with Gasteiger partial charge < -0.3 is 4.90 Å². The molecule has 0 unspecified atom stereocenters. The molecule has 0 fully saturated rings. The number of benzene rings is 1. The average molecular weight is 245 g/mol. The maximum absolute atomic E-state index is 11.3. The molecule has 1 aliphatic rings. The number of ketones is 1. The zero-order chi connectivity index (χ0) is 13.0. The Morgan fingerprint density at radius 1 is 1.39 bits per heavy atom. The van der Waals surface area contributed by atoms with Crippen molar-refractivity contribution in [1.29, 1.82) is 0 Å². The van der Waals surface area contributed by atoms with Crippen LogP contribution in [0.5, 0.6) is 0 Å². The lowest BCUT2D eigenvalue weighted by Gasteiger charge is -2.21. The highest BCUT2D eigenvalue weighted by Crippen LogP contribution is 2.16. The SMILES string of the molecule is CN(C)Cc1cccc(N2C=CCC(=O)CN2)c1. The molecule has 4 heteroatoms. The predicted octanol–water partition coefficient (Wildman–Crippen LogP) is 1.55. The van der Waals surface area contributed by atoms with Crippen molar-refractivity contribution >= 4 is 11.5 Å². The van der Waals surface area contributed by atoms with Crippen LogP contribution in [0.4, 0.5) is 5.69 Å². The van der Waals surface area contributed by atoms with E-state index in [0.717, 1.165) is 12.2 Å². The average Bonchev–Trinajstić information content (AvgIpc) is 2.53. The quantitative estimate of drug-likeness (QED) is 0.876. The van der Waals surface area contributed by atoms with Crippen LogP contribution in [0.1, 0.15) is 12.0 Å². The molecule has 96 valence electrons. The summed E-state index contributed by atoms with van der Waals surface area (Å²) >= 11 is 0. The summed E-state index contributed by atoms with van der Waals surface area (Å²) in [6, 6.07) is 8.31. The number of carbonyl (C=O) groups excluding carboxylic acids is 1. The number of allylic oxidation sites excluding steroid dienone is 1. The van der Waals surface area contributed by atoms with Gasteiger partial charge in [-0.05, 0) is 31.8 Å². The van der Waals surface area contributed by atoms with E-state index in [-0.39, 0.29) is 5.78 Å². The lowest BCUT2D eigenvalue weighted by molar-refractivity contribution is -0.117. The summed E-state index contributed by atoms with van der Waals surface area (Å²) in [5.41, 5.74) is 5.42. The van der Waals surface area contributed by atoms with Crippen molar-refractivity contribution in [1.82, 2.24) is 10.3 Å². The van der Waals surface area contributed by atoms with Crippen molar-refractivity contribution < 1.29 is 4.79 Å². The number of Topliss-reactive ketones (excluding diaryl/α,β-unsaturated/α-hetero) is 1. The van der Waals surface area contributed by atoms with Gasteiger partial charge in [0.2, 0.25) is 0 Å². The first kappa shape index (κ1) is 12.8. The third-order valence-electron chi connectivity index (χ3n) is 2.73. The molecule has 0 amide bonds. The van der Waals surface area contributed by atoms with E-state index < -0.39 is 0 Å². The summed E-state index contributed by atoms with van der Waals surface area (Å²) in [5, 5.41) is 1.91. The second-order valence-electron chi connectivity index (χ2n) is 4.74. The van der Waals surface area contributed by atoms with Crippen molar-refractivity contribution in [2.75, 3.05) is 25.6 Å². The Morgan fingerprint density at radius 3 is 3.00 bits per heavy atom. The summed E-state index contributed by atoms with van der Waals surface area (Å²) in [6.45, 7) is 1.29. The van der Waals surface area contributed by atoms with Crippen LogP contribution in [-0.4, -0.2) is 31.3 Å². The fourth-order valence-corrected chi connectivity index (χ4v) is 1.93. The van der Waals surface area contributed by atoms with Gasteiger partial charge in [0.05, 0.1) is 12.2 Å². The van der Waals surface area contributed by atoms with Crippen molar-refractivity contribution in [3.63, 3.8) is 0 Å². The van der Waals surface area contributed by atoms with Crippen LogP contribution in [0.25, 0.3) is 0 Å². The Kier molecular flexibility index (Phi) is 4.12. The third kappa shape index (κ3) is 3.42. The lowest BCUT2D eigenvalue weighted by atomic mass is 10.2. The van der Waals surface area contributed by atoms with Gasteiger partial charge in [-0.2, -0.15) is 0 Å². The number of anilines is 1. The van der Waals surface area contributed by atoms with Gasteiger partial charge in [0.15, 0.2) is 5.78 Å². The van der Waals surface area contributed by atoms with Gasteiger partial charge in [-0.25, -0.2) is 5.43 Å². The van der Waals surface area contributed by atoms with E-state index in [0.29, 0.717) is 13.0 Å². The molecule has 4 nitrogen and oxygen atoms in total. The summed E-state index contributed by atoms with van der Waals surface area (Å²) < 4.78 is 0. The van der Waals surface area contributed by atoms with Crippen LogP contribution in [0.2, 0.25) is 0 Å². The Hall–Kier alpha value is -1.65. The molecular formula is C14H19N3O. The molecule has 1 N–H and O–H groups in total. The monoisotopic (exact) mass is 245 g/mol. The molecule has 2 rings (SSSR count). The van der Waals surface area contributed by atoms with E-state index in [4.69, 9.17) is 0 Å². The van der Waals surface area contributed by atoms with Crippen LogP contribution in [-0.2, 0) is 11.3 Å². The van der Waals surface area contributed by atoms with Crippen molar-refractivity contribution in [3.05, 3.63) is 42.1 Å². The van der Waals surface area contributed by atoms with Gasteiger partial charge in [0.1, 0.15) is 0 Å². The Labute approximate surface area is 108 Å². The summed E-state index contributed by atoms with van der Waals surface area (Å²) in [7, 11) is 4.10. The Morgan fingerprint density at radius 2 is 2.22 bits per heavy atom. The molecule has 0 aromatic heterocycles. The van der Waals surface area contributed by atoms with Crippen LogP contribution in [0, 0.1) is 0 Å². The molecule has 1 heterocycles. The highest BCUT2D eigenvalue weighted by molar-refractivity contribution is 5.82. The Balaban J connectivity index is 2.14. The molecule has 0 aliphatic carbocycles. The first-order valence-electron chi connectivity index (χ1n) is 6.10. The fourth-order valence-electron chi connectivity index (χ4n) is 1.93. The predicted molar refractivity (Wildman–Crippen MR) is 73.1 cm³/mol. The van der Waals surface area contributed by atoms with Crippen molar-refractivity contribution in [3.8, 4) is 0 Å². The molecule has 1 aromatic rings. The van der Waals surface area contributed by atoms with Crippen LogP contribution >= 0.6 is 0 Å². The number of hydrogen-bond donors (Lipinski definition) is 1. The molecule has 0 radical (unpaired) electrons. The minimum atomic E-state index is 0.207. The van der Waals surface area contributed by atoms with Gasteiger partial charge in [-0.3, -0.25) is 9.80 Å². The zero-order valence-corrected chi connectivity index (χ0v) is 10.9. The fraction of sp³-hybridized carbons (Fsp3) is 0.357. The molecule has 18 heavy (non-hydrogen) atoms. The van der Waals surface area contributed by atoms with E-state index in [1.54, 1.807) is 0 Å². The van der Waals surface area contributed by atoms with E-state index in [1.807, 2.05) is 29.4 Å². The van der Waals surface area contributed by atoms with Gasteiger partial charge in [-0.15, -0.1) is 0 Å². The van der Waals surface area contributed by atoms with Crippen molar-refractivity contribution in [2.45, 2.75) is 13.0 Å². The minimum Gasteiger partial charge on any atom is -0.305 e. The number of hydrogen-bond acceptors (Lipinski definition) is 4. The minimum absolute atomic E-state index is 0.207. The molecule has 0 spiro atoms. The molecule has 0 saturated heterocycles. The topological polar surface area (TPSA) is 35.6 Å². The van der Waals surface area contributed by atoms with Gasteiger partial charge in [-0.1, -0.05) is 18.2 Å². The standard InChI is InChI=1S/C14H19N3O/c1-16(2)11-12-5-3-6-13(9-12)17-8-4-7-14(18)10-15-17/h3-6,8-9,15H,7,10-11H2,1-2H3. The zero-order valence-electron chi connectivity index (χ0n) is 10.9. The maximum Gasteiger partial charge on any atom is 0.152 e. The smallest absolute Gasteiger partial charge is 0.152 e. The van der Waals surface area contributed by atoms with E-state index in [9.17, 15) is 4.79 Å². The highest BCUT2D eigenvalue weighted by Gasteiger charge is 2.09.